The second-order valence-corrected chi connectivity index (χ2v) is 10.7. The fraction of sp³-hybridized carbons (Fsp3) is 1.00. The fourth-order valence-corrected chi connectivity index (χ4v) is 9.11. The summed E-state index contributed by atoms with van der Waals surface area (Å²) < 4.78 is 45.8. The summed E-state index contributed by atoms with van der Waals surface area (Å²) in [7, 11) is -6.45. The van der Waals surface area contributed by atoms with E-state index in [4.69, 9.17) is 0 Å². The summed E-state index contributed by atoms with van der Waals surface area (Å²) in [5.41, 5.74) is 0. The highest BCUT2D eigenvalue weighted by atomic mass is 32.3. The Labute approximate surface area is 108 Å². The van der Waals surface area contributed by atoms with Gasteiger partial charge in [0, 0.05) is 0 Å². The third-order valence-electron chi connectivity index (χ3n) is 2.69. The second kappa shape index (κ2) is 5.93. The predicted molar refractivity (Wildman–Crippen MR) is 72.6 cm³/mol. The van der Waals surface area contributed by atoms with Gasteiger partial charge in [-0.25, -0.2) is 16.8 Å². The van der Waals surface area contributed by atoms with Crippen LogP contribution in [0.3, 0.4) is 0 Å². The molecule has 0 amide bonds. The van der Waals surface area contributed by atoms with Crippen molar-refractivity contribution in [1.29, 1.82) is 0 Å². The van der Waals surface area contributed by atoms with E-state index in [2.05, 4.69) is 0 Å². The Morgan fingerprint density at radius 1 is 0.824 bits per heavy atom. The van der Waals surface area contributed by atoms with Crippen LogP contribution in [0, 0.1) is 0 Å². The molecule has 0 aliphatic carbocycles. The van der Waals surface area contributed by atoms with E-state index < -0.39 is 28.8 Å². The first kappa shape index (κ1) is 15.3. The predicted octanol–water partition coefficient (Wildman–Crippen LogP) is 1.82. The minimum Gasteiger partial charge on any atom is -0.228 e. The summed E-state index contributed by atoms with van der Waals surface area (Å²) >= 11 is 1.08. The molecule has 1 aliphatic heterocycles. The molecule has 0 aromatic heterocycles. The first-order chi connectivity index (χ1) is 7.85. The number of hydrogen-bond acceptors (Lipinski definition) is 5. The van der Waals surface area contributed by atoms with Crippen molar-refractivity contribution in [1.82, 2.24) is 0 Å². The lowest BCUT2D eigenvalue weighted by Crippen LogP contribution is -2.21. The van der Waals surface area contributed by atoms with Gasteiger partial charge in [0.2, 0.25) is 0 Å². The number of sulfone groups is 2. The van der Waals surface area contributed by atoms with Gasteiger partial charge < -0.3 is 0 Å². The molecule has 1 heterocycles. The molecule has 102 valence electrons. The molecule has 4 nitrogen and oxygen atoms in total. The minimum absolute atomic E-state index is 0.112. The molecule has 1 saturated heterocycles. The molecule has 0 aromatic rings. The Bertz CT molecular complexity index is 396. The van der Waals surface area contributed by atoms with Gasteiger partial charge in [0.1, 0.15) is 9.16 Å². The van der Waals surface area contributed by atoms with Crippen molar-refractivity contribution in [2.45, 2.75) is 48.7 Å². The Hall–Kier alpha value is 0.250. The molecular weight excluding hydrogens is 280 g/mol. The fourth-order valence-electron chi connectivity index (χ4n) is 1.52. The van der Waals surface area contributed by atoms with Crippen molar-refractivity contribution < 1.29 is 16.8 Å². The zero-order valence-electron chi connectivity index (χ0n) is 10.3. The molecule has 17 heavy (non-hydrogen) atoms. The lowest BCUT2D eigenvalue weighted by atomic mass is 10.4. The van der Waals surface area contributed by atoms with Crippen molar-refractivity contribution in [3.63, 3.8) is 0 Å². The van der Waals surface area contributed by atoms with Gasteiger partial charge in [0.05, 0.1) is 11.5 Å². The lowest BCUT2D eigenvalue weighted by molar-refractivity contribution is 0.583. The molecule has 0 radical (unpaired) electrons. The molecule has 1 fully saturated rings. The average Bonchev–Trinajstić information content (AvgIpc) is 3.04. The first-order valence-electron chi connectivity index (χ1n) is 5.93. The molecule has 0 saturated carbocycles. The zero-order valence-corrected chi connectivity index (χ0v) is 12.7. The third-order valence-corrected chi connectivity index (χ3v) is 10.1. The number of thioether (sulfide) groups is 1. The van der Waals surface area contributed by atoms with Crippen LogP contribution in [0.25, 0.3) is 0 Å². The van der Waals surface area contributed by atoms with E-state index in [0.717, 1.165) is 24.6 Å². The molecule has 0 bridgehead atoms. The lowest BCUT2D eigenvalue weighted by Gasteiger charge is -2.02. The van der Waals surface area contributed by atoms with Crippen LogP contribution in [-0.2, 0) is 19.7 Å². The van der Waals surface area contributed by atoms with Crippen molar-refractivity contribution in [2.75, 3.05) is 11.5 Å². The topological polar surface area (TPSA) is 68.3 Å². The highest BCUT2D eigenvalue weighted by Gasteiger charge is 2.55. The Morgan fingerprint density at radius 3 is 1.47 bits per heavy atom. The molecule has 0 aromatic carbocycles. The van der Waals surface area contributed by atoms with Gasteiger partial charge in [-0.2, -0.15) is 0 Å². The van der Waals surface area contributed by atoms with E-state index >= 15 is 0 Å². The number of rotatable bonds is 8. The van der Waals surface area contributed by atoms with Gasteiger partial charge in [0.25, 0.3) is 0 Å². The van der Waals surface area contributed by atoms with Gasteiger partial charge in [-0.1, -0.05) is 26.7 Å². The van der Waals surface area contributed by atoms with E-state index in [0.29, 0.717) is 12.8 Å². The summed E-state index contributed by atoms with van der Waals surface area (Å²) in [4.78, 5) is 0. The highest BCUT2D eigenvalue weighted by Crippen LogP contribution is 2.49. The van der Waals surface area contributed by atoms with E-state index in [1.54, 1.807) is 0 Å². The molecule has 1 aliphatic rings. The normalized spacial score (nSPS) is 24.8. The molecule has 1 rings (SSSR count). The summed E-state index contributed by atoms with van der Waals surface area (Å²) in [5, 5.41) is 0. The van der Waals surface area contributed by atoms with Crippen molar-refractivity contribution >= 4 is 31.4 Å². The average molecular weight is 300 g/mol. The summed E-state index contributed by atoms with van der Waals surface area (Å²) in [5.74, 6) is 0.224. The summed E-state index contributed by atoms with van der Waals surface area (Å²) in [6, 6.07) is 0. The van der Waals surface area contributed by atoms with Crippen molar-refractivity contribution in [2.24, 2.45) is 0 Å². The molecule has 7 heteroatoms. The summed E-state index contributed by atoms with van der Waals surface area (Å²) in [6.07, 6.45) is 2.84. The van der Waals surface area contributed by atoms with Gasteiger partial charge >= 0.3 is 0 Å². The molecule has 2 atom stereocenters. The third kappa shape index (κ3) is 4.13. The van der Waals surface area contributed by atoms with Crippen LogP contribution in [0.5, 0.6) is 0 Å². The maximum Gasteiger partial charge on any atom is 0.164 e. The van der Waals surface area contributed by atoms with Gasteiger partial charge in [-0.15, -0.1) is 11.8 Å². The van der Waals surface area contributed by atoms with Crippen LogP contribution in [0.2, 0.25) is 0 Å². The zero-order chi connectivity index (χ0) is 13.1. The number of hydrogen-bond donors (Lipinski definition) is 0. The van der Waals surface area contributed by atoms with Crippen LogP contribution in [0.4, 0.5) is 0 Å². The van der Waals surface area contributed by atoms with Crippen LogP contribution in [0.1, 0.15) is 39.5 Å². The van der Waals surface area contributed by atoms with Gasteiger partial charge in [-0.05, 0) is 12.8 Å². The second-order valence-electron chi connectivity index (χ2n) is 4.31. The van der Waals surface area contributed by atoms with Crippen LogP contribution in [-0.4, -0.2) is 37.5 Å². The van der Waals surface area contributed by atoms with E-state index in [1.807, 2.05) is 13.8 Å². The smallest absolute Gasteiger partial charge is 0.164 e. The SMILES string of the molecule is CCCCS(=O)(=O)C1SC1S(=O)(=O)CCCC. The maximum absolute atomic E-state index is 11.8. The van der Waals surface area contributed by atoms with E-state index in [-0.39, 0.29) is 11.5 Å². The monoisotopic (exact) mass is 300 g/mol. The summed E-state index contributed by atoms with van der Waals surface area (Å²) in [6.45, 7) is 3.84. The van der Waals surface area contributed by atoms with E-state index in [1.165, 1.54) is 0 Å². The molecule has 0 spiro atoms. The molecule has 0 N–H and O–H groups in total. The highest BCUT2D eigenvalue weighted by molar-refractivity contribution is 8.29. The quantitative estimate of drug-likeness (QED) is 0.640. The Balaban J connectivity index is 2.58. The Kier molecular flexibility index (Phi) is 5.34. The van der Waals surface area contributed by atoms with Crippen molar-refractivity contribution in [3.8, 4) is 0 Å². The van der Waals surface area contributed by atoms with Crippen LogP contribution >= 0.6 is 11.8 Å². The molecular formula is C10H20O4S3. The largest absolute Gasteiger partial charge is 0.228 e. The van der Waals surface area contributed by atoms with Gasteiger partial charge in [-0.3, -0.25) is 0 Å². The number of unbranched alkanes of at least 4 members (excludes halogenated alkanes) is 2. The van der Waals surface area contributed by atoms with Crippen LogP contribution < -0.4 is 0 Å². The maximum atomic E-state index is 11.8. The standard InChI is InChI=1S/C10H20O4S3/c1-3-5-7-16(11,12)9-10(15-9)17(13,14)8-6-4-2/h9-10H,3-8H2,1-2H3. The Morgan fingerprint density at radius 2 is 1.18 bits per heavy atom. The van der Waals surface area contributed by atoms with Gasteiger partial charge in [0.15, 0.2) is 19.7 Å². The van der Waals surface area contributed by atoms with Crippen molar-refractivity contribution in [3.05, 3.63) is 0 Å². The van der Waals surface area contributed by atoms with Crippen LogP contribution in [0.15, 0.2) is 0 Å². The minimum atomic E-state index is -3.22. The first-order valence-corrected chi connectivity index (χ1v) is 10.3. The molecule has 2 unspecified atom stereocenters. The van der Waals surface area contributed by atoms with E-state index in [9.17, 15) is 16.8 Å².